The van der Waals surface area contributed by atoms with Crippen molar-refractivity contribution in [3.8, 4) is 5.75 Å². The highest BCUT2D eigenvalue weighted by Crippen LogP contribution is 2.28. The van der Waals surface area contributed by atoms with E-state index >= 15 is 14.4 Å². The Morgan fingerprint density at radius 2 is 1.16 bits per heavy atom. The van der Waals surface area contributed by atoms with Crippen LogP contribution in [0.2, 0.25) is 0 Å². The van der Waals surface area contributed by atoms with Gasteiger partial charge in [0.25, 0.3) is 5.91 Å². The van der Waals surface area contributed by atoms with E-state index in [9.17, 15) is 107 Å². The van der Waals surface area contributed by atoms with Crippen LogP contribution in [0.1, 0.15) is 82.0 Å². The number of para-hydroxylation sites is 1. The average molecular weight is 1520 g/mol. The molecular weight excluding hydrogens is 1440 g/mol. The second-order valence-corrected chi connectivity index (χ2v) is 25.3. The van der Waals surface area contributed by atoms with Gasteiger partial charge in [-0.2, -0.15) is 0 Å². The number of cyclic esters (lactones) is 1. The second kappa shape index (κ2) is 37.4. The highest BCUT2D eigenvalue weighted by molar-refractivity contribution is 6.02. The lowest BCUT2D eigenvalue weighted by Crippen LogP contribution is -2.63. The van der Waals surface area contributed by atoms with Gasteiger partial charge in [-0.3, -0.25) is 76.7 Å². The summed E-state index contributed by atoms with van der Waals surface area (Å²) < 4.78 is 26.3. The maximum atomic E-state index is 15.3. The second-order valence-electron chi connectivity index (χ2n) is 25.3. The van der Waals surface area contributed by atoms with Crippen molar-refractivity contribution in [2.45, 2.75) is 157 Å². The van der Waals surface area contributed by atoms with Crippen LogP contribution in [0, 0.1) is 11.7 Å². The van der Waals surface area contributed by atoms with Crippen LogP contribution in [0.25, 0.3) is 21.8 Å². The largest absolute Gasteiger partial charge is 0.508 e. The topological polar surface area (TPSA) is 643 Å². The molecule has 0 saturated carbocycles. The Balaban J connectivity index is 1.38. The zero-order valence-electron chi connectivity index (χ0n) is 57.6. The summed E-state index contributed by atoms with van der Waals surface area (Å²) in [6.07, 6.45) is -9.46. The van der Waals surface area contributed by atoms with Gasteiger partial charge in [0, 0.05) is 47.0 Å². The minimum Gasteiger partial charge on any atom is -0.508 e. The molecule has 12 amide bonds. The summed E-state index contributed by atoms with van der Waals surface area (Å²) in [7, 11) is 0. The van der Waals surface area contributed by atoms with E-state index in [1.54, 1.807) is 31.2 Å². The SMILES string of the molecule is CCC[C@H]1O[C@@H]1C(=O)N[C@@H](CO)C(=O)N[C@@H]1C(=O)N[C@H](Cc2c[nH]c3ccccc23)C(=O)N[C@@H](CC(=O)O)C(=O)N[C@@H](CC(=O)O)C(=O)N[C@H](c2ccc(O)cc2)C(=O)N[C@@H](CC(=O)O)C(=O)NCC(=O)N[C@@H]([C@H](O)C(N)=O)C(=O)N[C@@H]([C@H](C)CC(=O)O)C(=O)N[C@@H](Cc2c[nH]c3ccc(F)cc23)C(=O)O[C@@H]1C. The average Bonchev–Trinajstić information content (AvgIpc) is 1.63. The molecule has 15 atom stereocenters. The van der Waals surface area contributed by atoms with Crippen molar-refractivity contribution in [2.75, 3.05) is 13.2 Å². The van der Waals surface area contributed by atoms with Crippen LogP contribution >= 0.6 is 0 Å². The number of aromatic amines is 2. The number of aliphatic carboxylic acids is 4. The predicted octanol–water partition coefficient (Wildman–Crippen LogP) is -5.50. The number of carbonyl (C=O) groups excluding carboxylic acids is 13. The number of ether oxygens (including phenoxy) is 2. The van der Waals surface area contributed by atoms with Gasteiger partial charge in [-0.05, 0) is 72.4 Å². The summed E-state index contributed by atoms with van der Waals surface area (Å²) in [4.78, 5) is 241. The van der Waals surface area contributed by atoms with Gasteiger partial charge in [0.1, 0.15) is 78.1 Å². The van der Waals surface area contributed by atoms with Crippen molar-refractivity contribution >= 4 is 123 Å². The van der Waals surface area contributed by atoms with Crippen LogP contribution in [-0.4, -0.2) is 238 Å². The number of aliphatic hydroxyl groups excluding tert-OH is 2. The molecule has 0 bridgehead atoms. The van der Waals surface area contributed by atoms with Crippen molar-refractivity contribution in [1.29, 1.82) is 0 Å². The van der Waals surface area contributed by atoms with E-state index in [1.165, 1.54) is 18.5 Å². The highest BCUT2D eigenvalue weighted by atomic mass is 19.1. The van der Waals surface area contributed by atoms with E-state index in [4.69, 9.17) is 15.2 Å². The van der Waals surface area contributed by atoms with Gasteiger partial charge in [0.05, 0.1) is 44.9 Å². The maximum absolute atomic E-state index is 15.3. The maximum Gasteiger partial charge on any atom is 0.329 e. The summed E-state index contributed by atoms with van der Waals surface area (Å²) in [6.45, 7) is 1.30. The number of epoxide rings is 1. The molecule has 40 nitrogen and oxygen atoms in total. The number of amides is 12. The molecule has 0 spiro atoms. The van der Waals surface area contributed by atoms with E-state index < -0.39 is 255 Å². The molecular formula is C67H79FN14O26. The fourth-order valence-corrected chi connectivity index (χ4v) is 11.5. The first-order valence-corrected chi connectivity index (χ1v) is 33.3. The number of aromatic hydroxyl groups is 1. The quantitative estimate of drug-likeness (QED) is 0.0214. The van der Waals surface area contributed by atoms with E-state index in [0.717, 1.165) is 50.2 Å². The Morgan fingerprint density at radius 3 is 1.75 bits per heavy atom. The number of fused-ring (bicyclic) bond motifs is 2. The summed E-state index contributed by atoms with van der Waals surface area (Å²) in [6, 6.07) is -8.87. The number of aliphatic hydroxyl groups is 2. The smallest absolute Gasteiger partial charge is 0.329 e. The van der Waals surface area contributed by atoms with Gasteiger partial charge in [0.15, 0.2) is 12.2 Å². The number of carbonyl (C=O) groups is 17. The summed E-state index contributed by atoms with van der Waals surface area (Å²) in [5.74, 6) is -29.6. The number of nitrogens with two attached hydrogens (primary N) is 1. The predicted molar refractivity (Wildman–Crippen MR) is 363 cm³/mol. The van der Waals surface area contributed by atoms with Gasteiger partial charge >= 0.3 is 29.8 Å². The van der Waals surface area contributed by atoms with Crippen molar-refractivity contribution < 1.29 is 131 Å². The molecule has 2 aliphatic rings. The molecule has 22 N–H and O–H groups in total. The number of H-pyrrole nitrogens is 2. The van der Waals surface area contributed by atoms with E-state index in [2.05, 4.69) is 47.2 Å². The van der Waals surface area contributed by atoms with Gasteiger partial charge < -0.3 is 119 Å². The highest BCUT2D eigenvalue weighted by Gasteiger charge is 2.46. The van der Waals surface area contributed by atoms with Crippen molar-refractivity contribution in [1.82, 2.24) is 68.5 Å². The zero-order chi connectivity index (χ0) is 79.5. The molecule has 2 aliphatic heterocycles. The molecule has 0 aliphatic carbocycles. The lowest BCUT2D eigenvalue weighted by molar-refractivity contribution is -0.156. The normalized spacial score (nSPS) is 24.3. The Bertz CT molecular complexity index is 4280. The number of halogens is 1. The minimum absolute atomic E-state index is 0.0207. The molecule has 5 aromatic rings. The number of hydrogen-bond acceptors (Lipinski definition) is 22. The van der Waals surface area contributed by atoms with Gasteiger partial charge in [-0.1, -0.05) is 50.6 Å². The fourth-order valence-electron chi connectivity index (χ4n) is 11.5. The zero-order valence-corrected chi connectivity index (χ0v) is 57.6. The lowest BCUT2D eigenvalue weighted by atomic mass is 9.95. The van der Waals surface area contributed by atoms with Crippen LogP contribution in [-0.2, 0) is 104 Å². The molecule has 41 heteroatoms. The molecule has 580 valence electrons. The van der Waals surface area contributed by atoms with Crippen LogP contribution in [0.15, 0.2) is 79.1 Å². The Hall–Kier alpha value is -12.7. The number of esters is 1. The first kappa shape index (κ1) is 82.6. The van der Waals surface area contributed by atoms with Gasteiger partial charge in [0.2, 0.25) is 65.0 Å². The van der Waals surface area contributed by atoms with Crippen molar-refractivity contribution in [3.63, 3.8) is 0 Å². The monoisotopic (exact) mass is 1510 g/mol. The number of nitrogens with one attached hydrogen (secondary N) is 13. The van der Waals surface area contributed by atoms with E-state index in [0.29, 0.717) is 23.7 Å². The molecule has 0 radical (unpaired) electrons. The number of phenols is 1. The summed E-state index contributed by atoms with van der Waals surface area (Å²) in [5.41, 5.74) is 5.95. The number of benzene rings is 3. The Labute approximate surface area is 609 Å². The molecule has 2 fully saturated rings. The number of carboxylic acid groups (broad SMARTS) is 4. The third-order valence-electron chi connectivity index (χ3n) is 17.2. The summed E-state index contributed by atoms with van der Waals surface area (Å²) >= 11 is 0. The third kappa shape index (κ3) is 22.7. The number of carboxylic acids is 4. The van der Waals surface area contributed by atoms with Crippen LogP contribution in [0.5, 0.6) is 5.75 Å². The summed E-state index contributed by atoms with van der Waals surface area (Å²) in [5, 5.41) is 95.8. The molecule has 0 unspecified atom stereocenters. The molecule has 2 aromatic heterocycles. The van der Waals surface area contributed by atoms with Crippen molar-refractivity contribution in [2.24, 2.45) is 11.7 Å². The number of hydrogen-bond donors (Lipinski definition) is 21. The van der Waals surface area contributed by atoms with E-state index in [-0.39, 0.29) is 27.6 Å². The molecule has 2 saturated heterocycles. The number of primary amides is 1. The Morgan fingerprint density at radius 1 is 0.620 bits per heavy atom. The van der Waals surface area contributed by atoms with Gasteiger partial charge in [-0.15, -0.1) is 0 Å². The standard InChI is InChI=1S/C67H79FN14O26/c1-4-7-44-55(108-44)66(105)78-43(26-83)61(100)81-51-28(3)107-67(106)42(18-31-24-71-37-15-12-32(68)19-35(31)37)77-62(101)50(27(2)16-46(86)87)80-65(104)53(54(94)56(69)95)79-45(85)25-72-57(96)39(20-47(88)89)76-64(103)52(29-10-13-33(84)14-11-29)82-60(99)41(22-49(92)93)74-59(98)40(21-48(90)91)73-58(97)38(75-63(51)102)17-30-23-70-36-9-6-5-8-34(30)36/h5-6,8-15,19,23-24,27-28,38-44,50-55,70-71,83-84,94H,4,7,16-18,20-22,25-26H2,1-3H3,(H2,69,95)(H,72,96)(H,73,97)(H,74,98)(H,75,102)(H,76,103)(H,77,101)(H,78,105)(H,79,85)(H,80,104)(H,81,100)(H,82,99)(H,86,87)(H,88,89)(H,90,91)(H,92,93)/t27-,28-,38-,39+,40+,41+,42+,43+,44-,50+,51+,52-,53+,54+,55+/m1/s1. The number of aromatic nitrogens is 2. The van der Waals surface area contributed by atoms with Crippen LogP contribution in [0.3, 0.4) is 0 Å². The van der Waals surface area contributed by atoms with Crippen LogP contribution in [0.4, 0.5) is 4.39 Å². The van der Waals surface area contributed by atoms with Crippen molar-refractivity contribution in [3.05, 3.63) is 102 Å². The lowest BCUT2D eigenvalue weighted by Gasteiger charge is -2.31. The number of rotatable bonds is 23. The minimum atomic E-state index is -2.76. The third-order valence-corrected chi connectivity index (χ3v) is 17.2. The molecule has 3 aromatic carbocycles. The van der Waals surface area contributed by atoms with Gasteiger partial charge in [-0.25, -0.2) is 9.18 Å². The molecule has 108 heavy (non-hydrogen) atoms. The fraction of sp³-hybridized carbons (Fsp3) is 0.418. The Kier molecular flexibility index (Phi) is 28.6. The van der Waals surface area contributed by atoms with Crippen LogP contribution < -0.4 is 64.2 Å². The first-order valence-electron chi connectivity index (χ1n) is 33.3. The van der Waals surface area contributed by atoms with E-state index in [1.807, 2.05) is 21.3 Å². The number of phenolic OH excluding ortho intramolecular Hbond substituents is 1. The first-order chi connectivity index (χ1) is 51.0. The molecule has 4 heterocycles. The molecule has 7 rings (SSSR count).